The molecule has 1 heterocycles. The quantitative estimate of drug-likeness (QED) is 0.861. The van der Waals surface area contributed by atoms with E-state index >= 15 is 0 Å². The first-order valence-electron chi connectivity index (χ1n) is 6.65. The van der Waals surface area contributed by atoms with Crippen molar-refractivity contribution in [1.29, 1.82) is 0 Å². The predicted molar refractivity (Wildman–Crippen MR) is 78.2 cm³/mol. The minimum Gasteiger partial charge on any atom is -0.492 e. The maximum absolute atomic E-state index is 5.61. The molecule has 0 amide bonds. The third-order valence-electron chi connectivity index (χ3n) is 2.85. The van der Waals surface area contributed by atoms with Gasteiger partial charge < -0.3 is 10.1 Å². The Morgan fingerprint density at radius 3 is 2.58 bits per heavy atom. The Bertz CT molecular complexity index is 508. The van der Waals surface area contributed by atoms with Gasteiger partial charge in [-0.1, -0.05) is 31.2 Å². The van der Waals surface area contributed by atoms with Crippen LogP contribution in [0.1, 0.15) is 18.9 Å². The van der Waals surface area contributed by atoms with Gasteiger partial charge in [-0.3, -0.25) is 4.98 Å². The number of nitrogens with zero attached hydrogens (tertiary/aromatic N) is 1. The Kier molecular flexibility index (Phi) is 4.93. The van der Waals surface area contributed by atoms with Gasteiger partial charge in [0.15, 0.2) is 0 Å². The molecule has 0 saturated heterocycles. The molecule has 0 aliphatic rings. The Balaban J connectivity index is 2.16. The van der Waals surface area contributed by atoms with Crippen molar-refractivity contribution in [2.75, 3.05) is 13.7 Å². The van der Waals surface area contributed by atoms with Gasteiger partial charge in [-0.05, 0) is 30.7 Å². The molecule has 3 nitrogen and oxygen atoms in total. The first-order valence-corrected chi connectivity index (χ1v) is 6.65. The molecule has 1 N–H and O–H groups in total. The minimum atomic E-state index is 0.728. The van der Waals surface area contributed by atoms with Gasteiger partial charge in [-0.15, -0.1) is 0 Å². The summed E-state index contributed by atoms with van der Waals surface area (Å²) in [6, 6.07) is 10.5. The van der Waals surface area contributed by atoms with Gasteiger partial charge in [0.05, 0.1) is 12.8 Å². The number of hydrogen-bond donors (Lipinski definition) is 1. The standard InChI is InChI=1S/C16H20N2O/c1-3-8-19-16-9-15(11-18-12-16)14-6-4-13(5-7-14)10-17-2/h4-7,9,11-12,17H,3,8,10H2,1-2H3. The molecular weight excluding hydrogens is 236 g/mol. The zero-order valence-corrected chi connectivity index (χ0v) is 11.5. The maximum atomic E-state index is 5.61. The molecule has 100 valence electrons. The lowest BCUT2D eigenvalue weighted by Crippen LogP contribution is -2.04. The van der Waals surface area contributed by atoms with Gasteiger partial charge in [0.2, 0.25) is 0 Å². The van der Waals surface area contributed by atoms with Crippen LogP contribution in [0.2, 0.25) is 0 Å². The summed E-state index contributed by atoms with van der Waals surface area (Å²) in [5.74, 6) is 0.832. The van der Waals surface area contributed by atoms with Crippen molar-refractivity contribution < 1.29 is 4.74 Å². The summed E-state index contributed by atoms with van der Waals surface area (Å²) < 4.78 is 5.61. The van der Waals surface area contributed by atoms with Crippen molar-refractivity contribution in [3.8, 4) is 16.9 Å². The number of nitrogens with one attached hydrogen (secondary N) is 1. The van der Waals surface area contributed by atoms with Gasteiger partial charge in [-0.2, -0.15) is 0 Å². The normalized spacial score (nSPS) is 10.4. The van der Waals surface area contributed by atoms with E-state index in [2.05, 4.69) is 41.5 Å². The lowest BCUT2D eigenvalue weighted by Gasteiger charge is -2.07. The van der Waals surface area contributed by atoms with Gasteiger partial charge in [0.1, 0.15) is 5.75 Å². The van der Waals surface area contributed by atoms with Crippen molar-refractivity contribution in [2.24, 2.45) is 0 Å². The molecule has 2 aromatic rings. The second kappa shape index (κ2) is 6.90. The zero-order chi connectivity index (χ0) is 13.5. The second-order valence-electron chi connectivity index (χ2n) is 4.49. The van der Waals surface area contributed by atoms with Crippen LogP contribution in [0, 0.1) is 0 Å². The van der Waals surface area contributed by atoms with Crippen LogP contribution in [0.3, 0.4) is 0 Å². The lowest BCUT2D eigenvalue weighted by molar-refractivity contribution is 0.316. The highest BCUT2D eigenvalue weighted by Gasteiger charge is 2.01. The highest BCUT2D eigenvalue weighted by molar-refractivity contribution is 5.64. The molecule has 19 heavy (non-hydrogen) atoms. The van der Waals surface area contributed by atoms with E-state index in [9.17, 15) is 0 Å². The summed E-state index contributed by atoms with van der Waals surface area (Å²) in [5.41, 5.74) is 3.52. The first kappa shape index (κ1) is 13.6. The number of aromatic nitrogens is 1. The smallest absolute Gasteiger partial charge is 0.138 e. The van der Waals surface area contributed by atoms with E-state index < -0.39 is 0 Å². The topological polar surface area (TPSA) is 34.1 Å². The van der Waals surface area contributed by atoms with E-state index in [0.29, 0.717) is 0 Å². The first-order chi connectivity index (χ1) is 9.33. The largest absolute Gasteiger partial charge is 0.492 e. The monoisotopic (exact) mass is 256 g/mol. The van der Waals surface area contributed by atoms with Crippen molar-refractivity contribution >= 4 is 0 Å². The van der Waals surface area contributed by atoms with Crippen LogP contribution in [0.15, 0.2) is 42.7 Å². The molecule has 0 aliphatic heterocycles. The SMILES string of the molecule is CCCOc1cncc(-c2ccc(CNC)cc2)c1. The molecule has 0 bridgehead atoms. The fourth-order valence-corrected chi connectivity index (χ4v) is 1.89. The molecule has 2 rings (SSSR count). The fraction of sp³-hybridized carbons (Fsp3) is 0.312. The van der Waals surface area contributed by atoms with E-state index in [0.717, 1.165) is 36.4 Å². The molecule has 0 spiro atoms. The highest BCUT2D eigenvalue weighted by Crippen LogP contribution is 2.23. The number of hydrogen-bond acceptors (Lipinski definition) is 3. The van der Waals surface area contributed by atoms with Crippen LogP contribution in [-0.2, 0) is 6.54 Å². The van der Waals surface area contributed by atoms with E-state index in [4.69, 9.17) is 4.74 Å². The van der Waals surface area contributed by atoms with Crippen molar-refractivity contribution in [3.63, 3.8) is 0 Å². The summed E-state index contributed by atoms with van der Waals surface area (Å²) >= 11 is 0. The van der Waals surface area contributed by atoms with Crippen LogP contribution < -0.4 is 10.1 Å². The highest BCUT2D eigenvalue weighted by atomic mass is 16.5. The molecule has 1 aromatic heterocycles. The van der Waals surface area contributed by atoms with E-state index in [1.807, 2.05) is 19.3 Å². The van der Waals surface area contributed by atoms with E-state index in [1.165, 1.54) is 5.56 Å². The van der Waals surface area contributed by atoms with Crippen LogP contribution in [0.5, 0.6) is 5.75 Å². The van der Waals surface area contributed by atoms with E-state index in [-0.39, 0.29) is 0 Å². The average molecular weight is 256 g/mol. The molecule has 0 atom stereocenters. The van der Waals surface area contributed by atoms with Crippen molar-refractivity contribution in [1.82, 2.24) is 10.3 Å². The van der Waals surface area contributed by atoms with Crippen LogP contribution in [0.25, 0.3) is 11.1 Å². The molecule has 0 saturated carbocycles. The number of ether oxygens (including phenoxy) is 1. The molecule has 0 unspecified atom stereocenters. The predicted octanol–water partition coefficient (Wildman–Crippen LogP) is 3.26. The summed E-state index contributed by atoms with van der Waals surface area (Å²) in [5, 5.41) is 3.14. The zero-order valence-electron chi connectivity index (χ0n) is 11.5. The molecule has 0 radical (unpaired) electrons. The molecule has 0 aliphatic carbocycles. The third kappa shape index (κ3) is 3.80. The molecule has 3 heteroatoms. The minimum absolute atomic E-state index is 0.728. The van der Waals surface area contributed by atoms with Crippen LogP contribution in [-0.4, -0.2) is 18.6 Å². The fourth-order valence-electron chi connectivity index (χ4n) is 1.89. The summed E-state index contributed by atoms with van der Waals surface area (Å²) in [6.45, 7) is 3.71. The summed E-state index contributed by atoms with van der Waals surface area (Å²) in [6.07, 6.45) is 4.63. The summed E-state index contributed by atoms with van der Waals surface area (Å²) in [4.78, 5) is 4.24. The number of benzene rings is 1. The van der Waals surface area contributed by atoms with Crippen LogP contribution in [0.4, 0.5) is 0 Å². The molecule has 1 aromatic carbocycles. The Labute approximate surface area is 114 Å². The summed E-state index contributed by atoms with van der Waals surface area (Å²) in [7, 11) is 1.95. The Hall–Kier alpha value is -1.87. The molecular formula is C16H20N2O. The lowest BCUT2D eigenvalue weighted by atomic mass is 10.1. The van der Waals surface area contributed by atoms with Gasteiger partial charge >= 0.3 is 0 Å². The maximum Gasteiger partial charge on any atom is 0.138 e. The van der Waals surface area contributed by atoms with Gasteiger partial charge in [0.25, 0.3) is 0 Å². The molecule has 0 fully saturated rings. The average Bonchev–Trinajstić information content (AvgIpc) is 2.46. The Morgan fingerprint density at radius 1 is 1.11 bits per heavy atom. The second-order valence-corrected chi connectivity index (χ2v) is 4.49. The van der Waals surface area contributed by atoms with Crippen LogP contribution >= 0.6 is 0 Å². The number of rotatable bonds is 6. The Morgan fingerprint density at radius 2 is 1.89 bits per heavy atom. The van der Waals surface area contributed by atoms with Crippen molar-refractivity contribution in [3.05, 3.63) is 48.3 Å². The van der Waals surface area contributed by atoms with Crippen molar-refractivity contribution in [2.45, 2.75) is 19.9 Å². The number of pyridine rings is 1. The third-order valence-corrected chi connectivity index (χ3v) is 2.85. The van der Waals surface area contributed by atoms with Gasteiger partial charge in [0, 0.05) is 18.3 Å². The van der Waals surface area contributed by atoms with Gasteiger partial charge in [-0.25, -0.2) is 0 Å². The van der Waals surface area contributed by atoms with E-state index in [1.54, 1.807) is 6.20 Å².